The number of carbonyl (C=O) groups excluding carboxylic acids is 2. The molecular formula is C26H27BrN4O2. The predicted octanol–water partition coefficient (Wildman–Crippen LogP) is 5.03. The van der Waals surface area contributed by atoms with E-state index in [0.717, 1.165) is 34.4 Å². The highest BCUT2D eigenvalue weighted by Gasteiger charge is 2.23. The van der Waals surface area contributed by atoms with Gasteiger partial charge in [0.05, 0.1) is 6.54 Å². The summed E-state index contributed by atoms with van der Waals surface area (Å²) >= 11 is 3.56. The van der Waals surface area contributed by atoms with Crippen molar-refractivity contribution in [3.63, 3.8) is 0 Å². The number of rotatable bonds is 7. The molecule has 170 valence electrons. The molecule has 0 bridgehead atoms. The molecule has 1 saturated heterocycles. The fourth-order valence-electron chi connectivity index (χ4n) is 3.83. The second-order valence-corrected chi connectivity index (χ2v) is 8.88. The normalized spacial score (nSPS) is 13.9. The smallest absolute Gasteiger partial charge is 0.251 e. The number of piperidine rings is 1. The maximum atomic E-state index is 12.6. The quantitative estimate of drug-likeness (QED) is 0.420. The Morgan fingerprint density at radius 3 is 2.18 bits per heavy atom. The minimum atomic E-state index is -0.250. The lowest BCUT2D eigenvalue weighted by atomic mass is 10.0. The highest BCUT2D eigenvalue weighted by Crippen LogP contribution is 2.24. The molecule has 1 aliphatic heterocycles. The molecule has 0 aliphatic carbocycles. The van der Waals surface area contributed by atoms with Crippen LogP contribution in [0.2, 0.25) is 0 Å². The molecule has 1 aliphatic rings. The van der Waals surface area contributed by atoms with E-state index in [0.29, 0.717) is 24.7 Å². The Bertz CT molecular complexity index is 1080. The molecule has 1 fully saturated rings. The Morgan fingerprint density at radius 2 is 1.48 bits per heavy atom. The summed E-state index contributed by atoms with van der Waals surface area (Å²) < 4.78 is 1.04. The van der Waals surface area contributed by atoms with Crippen molar-refractivity contribution < 1.29 is 9.59 Å². The van der Waals surface area contributed by atoms with Crippen molar-refractivity contribution in [1.82, 2.24) is 10.2 Å². The Kier molecular flexibility index (Phi) is 7.62. The number of nitrogens with zero attached hydrogens (tertiary/aromatic N) is 1. The first-order chi connectivity index (χ1) is 16.1. The summed E-state index contributed by atoms with van der Waals surface area (Å²) in [7, 11) is 0. The minimum Gasteiger partial charge on any atom is -0.381 e. The van der Waals surface area contributed by atoms with E-state index in [1.54, 1.807) is 12.1 Å². The Balaban J connectivity index is 1.21. The number of hydrogen-bond donors (Lipinski definition) is 3. The second-order valence-electron chi connectivity index (χ2n) is 8.03. The van der Waals surface area contributed by atoms with Gasteiger partial charge in [0.2, 0.25) is 5.91 Å². The monoisotopic (exact) mass is 506 g/mol. The molecule has 0 saturated carbocycles. The number of benzene rings is 3. The number of halogens is 1. The fraction of sp³-hybridized carbons (Fsp3) is 0.231. The Labute approximate surface area is 202 Å². The second kappa shape index (κ2) is 11.0. The van der Waals surface area contributed by atoms with E-state index in [1.165, 1.54) is 0 Å². The average Bonchev–Trinajstić information content (AvgIpc) is 2.85. The van der Waals surface area contributed by atoms with Gasteiger partial charge in [-0.1, -0.05) is 30.3 Å². The lowest BCUT2D eigenvalue weighted by molar-refractivity contribution is -0.131. The number of anilines is 3. The van der Waals surface area contributed by atoms with Crippen molar-refractivity contribution in [2.24, 2.45) is 0 Å². The van der Waals surface area contributed by atoms with Gasteiger partial charge < -0.3 is 20.9 Å². The van der Waals surface area contributed by atoms with Gasteiger partial charge in [-0.15, -0.1) is 0 Å². The van der Waals surface area contributed by atoms with Gasteiger partial charge in [-0.25, -0.2) is 0 Å². The molecule has 33 heavy (non-hydrogen) atoms. The molecule has 2 amide bonds. The molecule has 3 aromatic rings. The van der Waals surface area contributed by atoms with Crippen LogP contribution in [0.5, 0.6) is 0 Å². The predicted molar refractivity (Wildman–Crippen MR) is 136 cm³/mol. The maximum Gasteiger partial charge on any atom is 0.251 e. The highest BCUT2D eigenvalue weighted by atomic mass is 79.9. The maximum absolute atomic E-state index is 12.6. The van der Waals surface area contributed by atoms with E-state index in [-0.39, 0.29) is 18.4 Å². The van der Waals surface area contributed by atoms with Crippen LogP contribution in [0.25, 0.3) is 0 Å². The zero-order valence-corrected chi connectivity index (χ0v) is 19.8. The first-order valence-electron chi connectivity index (χ1n) is 11.1. The lowest BCUT2D eigenvalue weighted by Gasteiger charge is -2.33. The highest BCUT2D eigenvalue weighted by molar-refractivity contribution is 9.10. The summed E-state index contributed by atoms with van der Waals surface area (Å²) in [6.07, 6.45) is 1.74. The summed E-state index contributed by atoms with van der Waals surface area (Å²) in [5.74, 6) is -0.301. The molecule has 0 aromatic heterocycles. The van der Waals surface area contributed by atoms with Crippen LogP contribution in [-0.4, -0.2) is 42.4 Å². The molecule has 3 aromatic carbocycles. The SMILES string of the molecule is O=C(NCC(=O)N1CCC(Nc2ccccc2Br)CC1)c1ccc(Nc2ccccc2)cc1. The van der Waals surface area contributed by atoms with Crippen molar-refractivity contribution in [2.45, 2.75) is 18.9 Å². The van der Waals surface area contributed by atoms with Gasteiger partial charge in [-0.3, -0.25) is 9.59 Å². The van der Waals surface area contributed by atoms with Gasteiger partial charge in [0.15, 0.2) is 0 Å². The van der Waals surface area contributed by atoms with Crippen molar-refractivity contribution in [2.75, 3.05) is 30.3 Å². The first-order valence-corrected chi connectivity index (χ1v) is 11.9. The third kappa shape index (κ3) is 6.35. The molecule has 0 atom stereocenters. The molecule has 6 nitrogen and oxygen atoms in total. The first kappa shape index (κ1) is 22.9. The van der Waals surface area contributed by atoms with E-state index >= 15 is 0 Å². The van der Waals surface area contributed by atoms with Gasteiger partial charge in [-0.2, -0.15) is 0 Å². The average molecular weight is 507 g/mol. The number of para-hydroxylation sites is 2. The van der Waals surface area contributed by atoms with E-state index in [9.17, 15) is 9.59 Å². The third-order valence-electron chi connectivity index (χ3n) is 5.69. The summed E-state index contributed by atoms with van der Waals surface area (Å²) in [6, 6.07) is 25.4. The van der Waals surface area contributed by atoms with Crippen LogP contribution >= 0.6 is 15.9 Å². The van der Waals surface area contributed by atoms with Crippen LogP contribution in [0.15, 0.2) is 83.3 Å². The Hall–Kier alpha value is -3.32. The zero-order chi connectivity index (χ0) is 23.0. The molecule has 3 N–H and O–H groups in total. The van der Waals surface area contributed by atoms with Gasteiger partial charge >= 0.3 is 0 Å². The van der Waals surface area contributed by atoms with Gasteiger partial charge in [-0.05, 0) is 77.3 Å². The third-order valence-corrected chi connectivity index (χ3v) is 6.38. The van der Waals surface area contributed by atoms with Gasteiger partial charge in [0.25, 0.3) is 5.91 Å². The number of carbonyl (C=O) groups is 2. The molecule has 0 spiro atoms. The molecule has 4 rings (SSSR count). The largest absolute Gasteiger partial charge is 0.381 e. The van der Waals surface area contributed by atoms with E-state index < -0.39 is 0 Å². The van der Waals surface area contributed by atoms with Gasteiger partial charge in [0.1, 0.15) is 0 Å². The summed E-state index contributed by atoms with van der Waals surface area (Å²) in [5, 5.41) is 9.58. The van der Waals surface area contributed by atoms with E-state index in [2.05, 4.69) is 31.9 Å². The Morgan fingerprint density at radius 1 is 0.848 bits per heavy atom. The lowest BCUT2D eigenvalue weighted by Crippen LogP contribution is -2.46. The minimum absolute atomic E-state index is 0.00514. The van der Waals surface area contributed by atoms with Crippen LogP contribution in [0.3, 0.4) is 0 Å². The summed E-state index contributed by atoms with van der Waals surface area (Å²) in [5.41, 5.74) is 3.47. The van der Waals surface area contributed by atoms with Crippen LogP contribution < -0.4 is 16.0 Å². The van der Waals surface area contributed by atoms with Crippen molar-refractivity contribution in [3.05, 3.63) is 88.9 Å². The molecule has 1 heterocycles. The summed E-state index contributed by atoms with van der Waals surface area (Å²) in [6.45, 7) is 1.36. The van der Waals surface area contributed by atoms with E-state index in [1.807, 2.05) is 71.6 Å². The standard InChI is InChI=1S/C26H27BrN4O2/c27-23-8-4-5-9-24(23)30-22-14-16-31(17-15-22)25(32)18-28-26(33)19-10-12-21(13-11-19)29-20-6-2-1-3-7-20/h1-13,22,29-30H,14-18H2,(H,28,33). The van der Waals surface area contributed by atoms with Gasteiger partial charge in [0, 0.05) is 46.2 Å². The van der Waals surface area contributed by atoms with Crippen molar-refractivity contribution in [3.8, 4) is 0 Å². The number of likely N-dealkylation sites (tertiary alicyclic amines) is 1. The molecule has 0 radical (unpaired) electrons. The molecule has 7 heteroatoms. The number of nitrogens with one attached hydrogen (secondary N) is 3. The van der Waals surface area contributed by atoms with Crippen molar-refractivity contribution >= 4 is 44.8 Å². The van der Waals surface area contributed by atoms with Crippen LogP contribution in [0, 0.1) is 0 Å². The van der Waals surface area contributed by atoms with Crippen molar-refractivity contribution in [1.29, 1.82) is 0 Å². The van der Waals surface area contributed by atoms with E-state index in [4.69, 9.17) is 0 Å². The molecular weight excluding hydrogens is 480 g/mol. The number of hydrogen-bond acceptors (Lipinski definition) is 4. The summed E-state index contributed by atoms with van der Waals surface area (Å²) in [4.78, 5) is 26.9. The topological polar surface area (TPSA) is 73.5 Å². The molecule has 0 unspecified atom stereocenters. The zero-order valence-electron chi connectivity index (χ0n) is 18.3. The van der Waals surface area contributed by atoms with Crippen LogP contribution in [0.1, 0.15) is 23.2 Å². The number of amides is 2. The fourth-order valence-corrected chi connectivity index (χ4v) is 4.23. The van der Waals surface area contributed by atoms with Crippen LogP contribution in [0.4, 0.5) is 17.1 Å². The van der Waals surface area contributed by atoms with Crippen LogP contribution in [-0.2, 0) is 4.79 Å².